The van der Waals surface area contributed by atoms with Gasteiger partial charge in [0.15, 0.2) is 0 Å². The Hall–Kier alpha value is 0.353. The molecule has 0 heterocycles. The Morgan fingerprint density at radius 3 is 1.71 bits per heavy atom. The predicted octanol–water partition coefficient (Wildman–Crippen LogP) is 6.45. The molecule has 24 heavy (non-hydrogen) atoms. The van der Waals surface area contributed by atoms with Crippen LogP contribution in [0.2, 0.25) is 0 Å². The topological polar surface area (TPSA) is 37.3 Å². The Labute approximate surface area is 173 Å². The van der Waals surface area contributed by atoms with Gasteiger partial charge < -0.3 is 5.11 Å². The summed E-state index contributed by atoms with van der Waals surface area (Å²) in [7, 11) is 0. The molecule has 0 aromatic heterocycles. The molecule has 0 radical (unpaired) electrons. The van der Waals surface area contributed by atoms with Crippen LogP contribution in [0.4, 0.5) is 0 Å². The summed E-state index contributed by atoms with van der Waals surface area (Å²) in [4.78, 5) is 10.5. The van der Waals surface area contributed by atoms with Crippen LogP contribution >= 0.6 is 0 Å². The van der Waals surface area contributed by atoms with Crippen LogP contribution in [0, 0.1) is 17.8 Å². The fraction of sp³-hybridized carbons (Fsp3) is 0.850. The smallest absolute Gasteiger partial charge is 0.328 e. The third-order valence-electron chi connectivity index (χ3n) is 4.51. The number of hydrogen-bond donors (Lipinski definition) is 1. The third-order valence-corrected chi connectivity index (χ3v) is 4.51. The van der Waals surface area contributed by atoms with Gasteiger partial charge in [-0.25, -0.2) is 4.79 Å². The van der Waals surface area contributed by atoms with Crippen molar-refractivity contribution in [2.24, 2.45) is 17.8 Å². The first-order valence-electron chi connectivity index (χ1n) is 9.21. The zero-order valence-electron chi connectivity index (χ0n) is 16.6. The third kappa shape index (κ3) is 20.4. The van der Waals surface area contributed by atoms with Crippen molar-refractivity contribution in [3.63, 3.8) is 0 Å². The molecule has 140 valence electrons. The number of hydrogen-bond acceptors (Lipinski definition) is 1. The SMILES string of the molecule is C/C(=C\C(=O)O)CCC[C@H](C)CCC[C@H](C)CCCC(C)C.[Fe].[Zn]. The van der Waals surface area contributed by atoms with Gasteiger partial charge >= 0.3 is 5.97 Å². The van der Waals surface area contributed by atoms with Crippen molar-refractivity contribution in [1.29, 1.82) is 0 Å². The van der Waals surface area contributed by atoms with E-state index in [1.54, 1.807) is 0 Å². The molecule has 0 aromatic rings. The first kappa shape index (κ1) is 29.1. The summed E-state index contributed by atoms with van der Waals surface area (Å²) in [5.41, 5.74) is 0.985. The number of carbonyl (C=O) groups is 1. The summed E-state index contributed by atoms with van der Waals surface area (Å²) in [5.74, 6) is 1.65. The summed E-state index contributed by atoms with van der Waals surface area (Å²) >= 11 is 0. The van der Waals surface area contributed by atoms with Gasteiger partial charge in [-0.3, -0.25) is 0 Å². The van der Waals surface area contributed by atoms with Crippen LogP contribution in [0.1, 0.15) is 92.4 Å². The van der Waals surface area contributed by atoms with Crippen LogP contribution in [0.15, 0.2) is 11.6 Å². The van der Waals surface area contributed by atoms with Gasteiger partial charge in [0, 0.05) is 42.6 Å². The molecule has 0 aliphatic heterocycles. The fourth-order valence-corrected chi connectivity index (χ4v) is 2.99. The van der Waals surface area contributed by atoms with Crippen LogP contribution < -0.4 is 0 Å². The molecule has 0 aromatic carbocycles. The van der Waals surface area contributed by atoms with Gasteiger partial charge in [-0.1, -0.05) is 78.2 Å². The van der Waals surface area contributed by atoms with Crippen molar-refractivity contribution in [2.45, 2.75) is 92.4 Å². The second-order valence-corrected chi connectivity index (χ2v) is 7.69. The fourth-order valence-electron chi connectivity index (χ4n) is 2.99. The zero-order valence-corrected chi connectivity index (χ0v) is 20.7. The average Bonchev–Trinajstić information content (AvgIpc) is 2.37. The molecule has 0 saturated heterocycles. The summed E-state index contributed by atoms with van der Waals surface area (Å²) in [5, 5.41) is 8.68. The quantitative estimate of drug-likeness (QED) is 0.269. The minimum atomic E-state index is -0.822. The largest absolute Gasteiger partial charge is 0.478 e. The molecule has 4 heteroatoms. The Morgan fingerprint density at radius 1 is 0.875 bits per heavy atom. The van der Waals surface area contributed by atoms with Crippen molar-refractivity contribution in [3.05, 3.63) is 11.6 Å². The van der Waals surface area contributed by atoms with Crippen molar-refractivity contribution < 1.29 is 46.4 Å². The van der Waals surface area contributed by atoms with E-state index in [2.05, 4.69) is 27.7 Å². The first-order chi connectivity index (χ1) is 10.3. The number of carboxylic acid groups (broad SMARTS) is 1. The van der Waals surface area contributed by atoms with E-state index >= 15 is 0 Å². The van der Waals surface area contributed by atoms with E-state index in [1.165, 1.54) is 51.0 Å². The molecule has 0 rings (SSSR count). The maximum absolute atomic E-state index is 10.5. The summed E-state index contributed by atoms with van der Waals surface area (Å²) < 4.78 is 0. The summed E-state index contributed by atoms with van der Waals surface area (Å²) in [6, 6.07) is 0. The second-order valence-electron chi connectivity index (χ2n) is 7.69. The Balaban J connectivity index is -0.00000220. The van der Waals surface area contributed by atoms with E-state index in [-0.39, 0.29) is 36.5 Å². The van der Waals surface area contributed by atoms with Crippen molar-refractivity contribution in [2.75, 3.05) is 0 Å². The van der Waals surface area contributed by atoms with Gasteiger partial charge in [-0.2, -0.15) is 0 Å². The van der Waals surface area contributed by atoms with E-state index < -0.39 is 5.97 Å². The Morgan fingerprint density at radius 2 is 1.29 bits per heavy atom. The van der Waals surface area contributed by atoms with Gasteiger partial charge in [0.25, 0.3) is 0 Å². The maximum atomic E-state index is 10.5. The molecular formula is C20H38FeO2Zn. The van der Waals surface area contributed by atoms with Crippen LogP contribution in [0.25, 0.3) is 0 Å². The predicted molar refractivity (Wildman–Crippen MR) is 96.1 cm³/mol. The first-order valence-corrected chi connectivity index (χ1v) is 9.21. The van der Waals surface area contributed by atoms with Crippen molar-refractivity contribution in [1.82, 2.24) is 0 Å². The second kappa shape index (κ2) is 18.2. The van der Waals surface area contributed by atoms with Gasteiger partial charge in [-0.05, 0) is 37.5 Å². The van der Waals surface area contributed by atoms with E-state index in [4.69, 9.17) is 5.11 Å². The summed E-state index contributed by atoms with van der Waals surface area (Å²) in [6.07, 6.45) is 12.7. The van der Waals surface area contributed by atoms with Crippen molar-refractivity contribution >= 4 is 5.97 Å². The average molecular weight is 432 g/mol. The van der Waals surface area contributed by atoms with Crippen LogP contribution in [-0.4, -0.2) is 11.1 Å². The Kier molecular flexibility index (Phi) is 22.0. The zero-order chi connectivity index (χ0) is 17.0. The van der Waals surface area contributed by atoms with E-state index in [1.807, 2.05) is 6.92 Å². The van der Waals surface area contributed by atoms with E-state index in [9.17, 15) is 4.79 Å². The number of rotatable bonds is 13. The van der Waals surface area contributed by atoms with Gasteiger partial charge in [-0.15, -0.1) is 0 Å². The molecule has 0 aliphatic carbocycles. The standard InChI is InChI=1S/C20H38O2.Fe.Zn/c1-16(2)9-6-10-17(3)11-7-12-18(4)13-8-14-19(5)15-20(21)22;;/h15-18H,6-14H2,1-5H3,(H,21,22);;/b19-15+;;/t17-,18-;;/m1../s1. The summed E-state index contributed by atoms with van der Waals surface area (Å²) in [6.45, 7) is 11.3. The minimum absolute atomic E-state index is 0. The molecule has 0 spiro atoms. The molecular weight excluding hydrogens is 393 g/mol. The monoisotopic (exact) mass is 430 g/mol. The molecule has 0 saturated carbocycles. The molecule has 0 amide bonds. The molecule has 1 N–H and O–H groups in total. The number of allylic oxidation sites excluding steroid dienone is 1. The maximum Gasteiger partial charge on any atom is 0.328 e. The molecule has 0 aliphatic rings. The Bertz CT molecular complexity index is 330. The number of carboxylic acids is 1. The van der Waals surface area contributed by atoms with E-state index in [0.29, 0.717) is 0 Å². The molecule has 2 atom stereocenters. The van der Waals surface area contributed by atoms with Gasteiger partial charge in [0.1, 0.15) is 0 Å². The van der Waals surface area contributed by atoms with Crippen molar-refractivity contribution in [3.8, 4) is 0 Å². The molecule has 2 nitrogen and oxygen atoms in total. The molecule has 0 fully saturated rings. The van der Waals surface area contributed by atoms with E-state index in [0.717, 1.165) is 36.2 Å². The van der Waals surface area contributed by atoms with Crippen LogP contribution in [-0.2, 0) is 41.3 Å². The normalized spacial score (nSPS) is 13.8. The number of aliphatic carboxylic acids is 1. The van der Waals surface area contributed by atoms with Crippen LogP contribution in [0.3, 0.4) is 0 Å². The molecule has 0 unspecified atom stereocenters. The van der Waals surface area contributed by atoms with Gasteiger partial charge in [0.05, 0.1) is 0 Å². The minimum Gasteiger partial charge on any atom is -0.478 e. The van der Waals surface area contributed by atoms with Gasteiger partial charge in [0.2, 0.25) is 0 Å². The molecule has 0 bridgehead atoms. The van der Waals surface area contributed by atoms with Crippen LogP contribution in [0.5, 0.6) is 0 Å².